The van der Waals surface area contributed by atoms with Crippen LogP contribution >= 0.6 is 11.6 Å². The SMILES string of the molecule is Cc1ccc(S(=O)(=O)c2cnc3c(-c4ccc(Cl)cc4)cnn3c2N)cc1. The number of hydrogen-bond donors (Lipinski definition) is 1. The third kappa shape index (κ3) is 2.94. The fraction of sp³-hybridized carbons (Fsp3) is 0.0526. The average molecular weight is 399 g/mol. The van der Waals surface area contributed by atoms with Gasteiger partial charge in [0.2, 0.25) is 9.84 Å². The topological polar surface area (TPSA) is 90.3 Å². The molecule has 6 nitrogen and oxygen atoms in total. The lowest BCUT2D eigenvalue weighted by Gasteiger charge is -2.09. The Morgan fingerprint density at radius 2 is 1.67 bits per heavy atom. The van der Waals surface area contributed by atoms with Crippen molar-refractivity contribution < 1.29 is 8.42 Å². The molecular weight excluding hydrogens is 384 g/mol. The number of anilines is 1. The summed E-state index contributed by atoms with van der Waals surface area (Å²) in [6.45, 7) is 1.89. The first-order chi connectivity index (χ1) is 12.9. The average Bonchev–Trinajstić information content (AvgIpc) is 3.08. The summed E-state index contributed by atoms with van der Waals surface area (Å²) in [5.41, 5.74) is 9.18. The van der Waals surface area contributed by atoms with E-state index in [1.807, 2.05) is 19.1 Å². The molecule has 0 spiro atoms. The molecule has 4 aromatic rings. The summed E-state index contributed by atoms with van der Waals surface area (Å²) >= 11 is 5.93. The molecule has 8 heteroatoms. The first-order valence-electron chi connectivity index (χ1n) is 8.08. The summed E-state index contributed by atoms with van der Waals surface area (Å²) in [5, 5.41) is 4.85. The third-order valence-corrected chi connectivity index (χ3v) is 6.34. The molecule has 0 fully saturated rings. The Hall–Kier alpha value is -2.90. The van der Waals surface area contributed by atoms with Gasteiger partial charge in [-0.2, -0.15) is 9.61 Å². The van der Waals surface area contributed by atoms with Gasteiger partial charge in [-0.1, -0.05) is 41.4 Å². The van der Waals surface area contributed by atoms with Gasteiger partial charge in [0.15, 0.2) is 5.65 Å². The van der Waals surface area contributed by atoms with Crippen LogP contribution in [0.4, 0.5) is 5.82 Å². The van der Waals surface area contributed by atoms with Crippen LogP contribution in [0.2, 0.25) is 5.02 Å². The van der Waals surface area contributed by atoms with Gasteiger partial charge in [-0.15, -0.1) is 0 Å². The van der Waals surface area contributed by atoms with Crippen molar-refractivity contribution in [3.05, 3.63) is 71.5 Å². The number of sulfone groups is 1. The molecule has 0 saturated carbocycles. The number of benzene rings is 2. The van der Waals surface area contributed by atoms with Crippen LogP contribution < -0.4 is 5.73 Å². The lowest BCUT2D eigenvalue weighted by Crippen LogP contribution is -2.11. The zero-order chi connectivity index (χ0) is 19.2. The monoisotopic (exact) mass is 398 g/mol. The Labute approximate surface area is 161 Å². The van der Waals surface area contributed by atoms with Crippen molar-refractivity contribution in [3.8, 4) is 11.1 Å². The number of halogens is 1. The van der Waals surface area contributed by atoms with Crippen LogP contribution in [-0.2, 0) is 9.84 Å². The number of hydrogen-bond acceptors (Lipinski definition) is 5. The van der Waals surface area contributed by atoms with E-state index in [-0.39, 0.29) is 15.6 Å². The quantitative estimate of drug-likeness (QED) is 0.567. The number of nitrogens with two attached hydrogens (primary N) is 1. The van der Waals surface area contributed by atoms with Crippen molar-refractivity contribution in [1.82, 2.24) is 14.6 Å². The summed E-state index contributed by atoms with van der Waals surface area (Å²) in [7, 11) is -3.80. The summed E-state index contributed by atoms with van der Waals surface area (Å²) in [5.74, 6) is 0.0146. The minimum atomic E-state index is -3.80. The fourth-order valence-corrected chi connectivity index (χ4v) is 4.24. The predicted octanol–water partition coefficient (Wildman–Crippen LogP) is 3.77. The Kier molecular flexibility index (Phi) is 4.13. The van der Waals surface area contributed by atoms with E-state index in [4.69, 9.17) is 17.3 Å². The molecule has 0 aliphatic carbocycles. The molecule has 2 heterocycles. The van der Waals surface area contributed by atoms with Gasteiger partial charge < -0.3 is 5.73 Å². The summed E-state index contributed by atoms with van der Waals surface area (Å²) < 4.78 is 27.2. The molecule has 2 aromatic carbocycles. The highest BCUT2D eigenvalue weighted by Gasteiger charge is 2.24. The normalized spacial score (nSPS) is 11.8. The highest BCUT2D eigenvalue weighted by atomic mass is 35.5. The zero-order valence-corrected chi connectivity index (χ0v) is 15.9. The van der Waals surface area contributed by atoms with E-state index in [2.05, 4.69) is 10.1 Å². The molecule has 0 bridgehead atoms. The fourth-order valence-electron chi connectivity index (χ4n) is 2.82. The maximum Gasteiger partial charge on any atom is 0.211 e. The van der Waals surface area contributed by atoms with Crippen LogP contribution in [0, 0.1) is 6.92 Å². The second-order valence-corrected chi connectivity index (χ2v) is 8.48. The van der Waals surface area contributed by atoms with Gasteiger partial charge in [-0.25, -0.2) is 13.4 Å². The minimum Gasteiger partial charge on any atom is -0.382 e. The summed E-state index contributed by atoms with van der Waals surface area (Å²) in [6, 6.07) is 13.8. The zero-order valence-electron chi connectivity index (χ0n) is 14.3. The minimum absolute atomic E-state index is 0.0146. The van der Waals surface area contributed by atoms with Gasteiger partial charge in [0.25, 0.3) is 0 Å². The van der Waals surface area contributed by atoms with Gasteiger partial charge in [0.05, 0.1) is 17.3 Å². The van der Waals surface area contributed by atoms with Crippen LogP contribution in [0.25, 0.3) is 16.8 Å². The molecule has 0 aliphatic heterocycles. The molecule has 0 aliphatic rings. The van der Waals surface area contributed by atoms with E-state index in [1.165, 1.54) is 10.7 Å². The predicted molar refractivity (Wildman–Crippen MR) is 104 cm³/mol. The highest BCUT2D eigenvalue weighted by Crippen LogP contribution is 2.30. The Bertz CT molecular complexity index is 1250. The maximum atomic E-state index is 12.9. The van der Waals surface area contributed by atoms with Gasteiger partial charge >= 0.3 is 0 Å². The van der Waals surface area contributed by atoms with E-state index < -0.39 is 9.84 Å². The van der Waals surface area contributed by atoms with Crippen molar-refractivity contribution in [3.63, 3.8) is 0 Å². The first kappa shape index (κ1) is 17.5. The third-order valence-electron chi connectivity index (χ3n) is 4.30. The van der Waals surface area contributed by atoms with Crippen LogP contribution in [0.15, 0.2) is 70.7 Å². The molecule has 136 valence electrons. The van der Waals surface area contributed by atoms with E-state index in [1.54, 1.807) is 42.6 Å². The van der Waals surface area contributed by atoms with Crippen molar-refractivity contribution in [2.75, 3.05) is 5.73 Å². The van der Waals surface area contributed by atoms with E-state index >= 15 is 0 Å². The molecular formula is C19H15ClN4O2S. The first-order valence-corrected chi connectivity index (χ1v) is 9.94. The molecule has 0 saturated heterocycles. The van der Waals surface area contributed by atoms with Crippen molar-refractivity contribution in [1.29, 1.82) is 0 Å². The Morgan fingerprint density at radius 3 is 2.33 bits per heavy atom. The van der Waals surface area contributed by atoms with Gasteiger partial charge in [0.1, 0.15) is 10.7 Å². The van der Waals surface area contributed by atoms with E-state index in [0.29, 0.717) is 10.7 Å². The smallest absolute Gasteiger partial charge is 0.211 e. The molecule has 2 aromatic heterocycles. The van der Waals surface area contributed by atoms with Gasteiger partial charge in [0, 0.05) is 10.6 Å². The molecule has 0 amide bonds. The van der Waals surface area contributed by atoms with Gasteiger partial charge in [-0.3, -0.25) is 0 Å². The number of nitrogen functional groups attached to an aromatic ring is 1. The molecule has 27 heavy (non-hydrogen) atoms. The molecule has 0 unspecified atom stereocenters. The number of nitrogens with zero attached hydrogens (tertiary/aromatic N) is 3. The molecule has 2 N–H and O–H groups in total. The highest BCUT2D eigenvalue weighted by molar-refractivity contribution is 7.91. The standard InChI is InChI=1S/C19H15ClN4O2S/c1-12-2-8-15(9-3-12)27(25,26)17-11-22-19-16(10-23-24(19)18(17)21)13-4-6-14(20)7-5-13/h2-11H,21H2,1H3. The Morgan fingerprint density at radius 1 is 1.00 bits per heavy atom. The second-order valence-electron chi connectivity index (χ2n) is 6.12. The number of fused-ring (bicyclic) bond motifs is 1. The number of aryl methyl sites for hydroxylation is 1. The lowest BCUT2D eigenvalue weighted by atomic mass is 10.1. The van der Waals surface area contributed by atoms with Crippen molar-refractivity contribution in [2.45, 2.75) is 16.7 Å². The van der Waals surface area contributed by atoms with Crippen LogP contribution in [0.5, 0.6) is 0 Å². The summed E-state index contributed by atoms with van der Waals surface area (Å²) in [6.07, 6.45) is 2.88. The maximum absolute atomic E-state index is 12.9. The molecule has 0 radical (unpaired) electrons. The van der Waals surface area contributed by atoms with Crippen LogP contribution in [-0.4, -0.2) is 23.0 Å². The number of rotatable bonds is 3. The Balaban J connectivity index is 1.86. The molecule has 4 rings (SSSR count). The molecule has 0 atom stereocenters. The summed E-state index contributed by atoms with van der Waals surface area (Å²) in [4.78, 5) is 4.40. The van der Waals surface area contributed by atoms with Crippen molar-refractivity contribution >= 4 is 32.9 Å². The second kappa shape index (κ2) is 6.37. The van der Waals surface area contributed by atoms with E-state index in [0.717, 1.165) is 16.7 Å². The van der Waals surface area contributed by atoms with E-state index in [9.17, 15) is 8.42 Å². The van der Waals surface area contributed by atoms with Gasteiger partial charge in [-0.05, 0) is 36.8 Å². The van der Waals surface area contributed by atoms with Crippen LogP contribution in [0.3, 0.4) is 0 Å². The lowest BCUT2D eigenvalue weighted by molar-refractivity contribution is 0.595. The largest absolute Gasteiger partial charge is 0.382 e. The number of aromatic nitrogens is 3. The van der Waals surface area contributed by atoms with Crippen LogP contribution in [0.1, 0.15) is 5.56 Å². The van der Waals surface area contributed by atoms with Crippen molar-refractivity contribution in [2.24, 2.45) is 0 Å².